The highest BCUT2D eigenvalue weighted by Gasteiger charge is 2.15. The monoisotopic (exact) mass is 258 g/mol. The molecule has 1 rings (SSSR count). The first-order valence-electron chi connectivity index (χ1n) is 4.55. The van der Waals surface area contributed by atoms with Gasteiger partial charge in [-0.3, -0.25) is 9.79 Å². The zero-order chi connectivity index (χ0) is 13.1. The number of rotatable bonds is 4. The predicted octanol–water partition coefficient (Wildman–Crippen LogP) is 1.65. The van der Waals surface area contributed by atoms with Crippen molar-refractivity contribution < 1.29 is 28.8 Å². The molecule has 0 saturated carbocycles. The van der Waals surface area contributed by atoms with Crippen LogP contribution >= 0.6 is 7.82 Å². The fraction of sp³-hybridized carbons (Fsp3) is 0.100. The molecule has 6 nitrogen and oxygen atoms in total. The van der Waals surface area contributed by atoms with Crippen molar-refractivity contribution >= 4 is 19.4 Å². The fourth-order valence-electron chi connectivity index (χ4n) is 1.18. The molecule has 0 aromatic heterocycles. The Morgan fingerprint density at radius 2 is 1.82 bits per heavy atom. The predicted molar refractivity (Wildman–Crippen MR) is 60.4 cm³/mol. The number of carboxylic acids is 1. The zero-order valence-electron chi connectivity index (χ0n) is 8.90. The van der Waals surface area contributed by atoms with E-state index in [1.54, 1.807) is 6.92 Å². The van der Waals surface area contributed by atoms with Crippen molar-refractivity contribution in [3.8, 4) is 5.75 Å². The van der Waals surface area contributed by atoms with Crippen molar-refractivity contribution in [3.63, 3.8) is 0 Å². The van der Waals surface area contributed by atoms with Crippen LogP contribution in [0.3, 0.4) is 0 Å². The molecule has 7 heteroatoms. The minimum absolute atomic E-state index is 0.0187. The average molecular weight is 258 g/mol. The van der Waals surface area contributed by atoms with Crippen LogP contribution in [0.4, 0.5) is 0 Å². The lowest BCUT2D eigenvalue weighted by Crippen LogP contribution is -1.92. The number of hydrogen-bond donors (Lipinski definition) is 3. The lowest BCUT2D eigenvalue weighted by Gasteiger charge is -2.07. The third-order valence-corrected chi connectivity index (χ3v) is 2.32. The molecule has 0 aliphatic heterocycles. The van der Waals surface area contributed by atoms with Crippen LogP contribution in [0.1, 0.15) is 12.5 Å². The van der Waals surface area contributed by atoms with Gasteiger partial charge in [-0.25, -0.2) is 9.36 Å². The van der Waals surface area contributed by atoms with E-state index in [0.717, 1.165) is 6.08 Å². The highest BCUT2D eigenvalue weighted by atomic mass is 31.2. The van der Waals surface area contributed by atoms with Gasteiger partial charge in [-0.05, 0) is 30.2 Å². The number of allylic oxidation sites excluding steroid dienone is 1. The number of carbonyl (C=O) groups is 1. The van der Waals surface area contributed by atoms with E-state index in [-0.39, 0.29) is 5.75 Å². The largest absolute Gasteiger partial charge is 0.524 e. The third-order valence-electron chi connectivity index (χ3n) is 1.87. The molecule has 0 aliphatic carbocycles. The molecule has 0 amide bonds. The maximum atomic E-state index is 10.5. The van der Waals surface area contributed by atoms with E-state index in [1.165, 1.54) is 24.3 Å². The lowest BCUT2D eigenvalue weighted by molar-refractivity contribution is -0.131. The second-order valence-electron chi connectivity index (χ2n) is 3.27. The van der Waals surface area contributed by atoms with Crippen molar-refractivity contribution in [3.05, 3.63) is 35.9 Å². The van der Waals surface area contributed by atoms with Crippen molar-refractivity contribution in [2.24, 2.45) is 0 Å². The maximum absolute atomic E-state index is 10.5. The third kappa shape index (κ3) is 4.82. The first kappa shape index (κ1) is 13.4. The molecule has 0 heterocycles. The second kappa shape index (κ2) is 5.14. The quantitative estimate of drug-likeness (QED) is 0.560. The summed E-state index contributed by atoms with van der Waals surface area (Å²) in [5.74, 6) is -1.04. The summed E-state index contributed by atoms with van der Waals surface area (Å²) in [4.78, 5) is 27.6. The number of phosphoric acid groups is 1. The number of phosphoric ester groups is 1. The number of benzene rings is 1. The standard InChI is InChI=1S/C10H11O6P/c1-7(6-10(11)12)8-2-4-9(5-3-8)16-17(13,14)15/h2-6H,1H3,(H,11,12)(H2,13,14,15). The van der Waals surface area contributed by atoms with Crippen LogP contribution < -0.4 is 4.52 Å². The van der Waals surface area contributed by atoms with E-state index in [0.29, 0.717) is 11.1 Å². The molecule has 0 atom stereocenters. The molecule has 1 aromatic rings. The van der Waals surface area contributed by atoms with Crippen molar-refractivity contribution in [2.45, 2.75) is 6.92 Å². The summed E-state index contributed by atoms with van der Waals surface area (Å²) in [7, 11) is -4.56. The van der Waals surface area contributed by atoms with Gasteiger partial charge < -0.3 is 9.63 Å². The van der Waals surface area contributed by atoms with Gasteiger partial charge in [0.2, 0.25) is 0 Å². The van der Waals surface area contributed by atoms with Crippen molar-refractivity contribution in [1.82, 2.24) is 0 Å². The molecule has 0 spiro atoms. The topological polar surface area (TPSA) is 104 Å². The normalized spacial score (nSPS) is 12.3. The molecule has 0 radical (unpaired) electrons. The summed E-state index contributed by atoms with van der Waals surface area (Å²) >= 11 is 0. The number of aliphatic carboxylic acids is 1. The van der Waals surface area contributed by atoms with E-state index in [2.05, 4.69) is 4.52 Å². The minimum Gasteiger partial charge on any atom is -0.478 e. The lowest BCUT2D eigenvalue weighted by atomic mass is 10.1. The Balaban J connectivity index is 2.89. The summed E-state index contributed by atoms with van der Waals surface area (Å²) in [5.41, 5.74) is 1.16. The highest BCUT2D eigenvalue weighted by molar-refractivity contribution is 7.46. The first-order chi connectivity index (χ1) is 7.78. The first-order valence-corrected chi connectivity index (χ1v) is 6.08. The van der Waals surface area contributed by atoms with Crippen LogP contribution in [0.5, 0.6) is 5.75 Å². The van der Waals surface area contributed by atoms with Crippen LogP contribution in [-0.2, 0) is 9.36 Å². The van der Waals surface area contributed by atoms with E-state index in [1.807, 2.05) is 0 Å². The Morgan fingerprint density at radius 1 is 1.29 bits per heavy atom. The zero-order valence-corrected chi connectivity index (χ0v) is 9.79. The van der Waals surface area contributed by atoms with Crippen molar-refractivity contribution in [1.29, 1.82) is 0 Å². The van der Waals surface area contributed by atoms with Crippen LogP contribution in [0.15, 0.2) is 30.3 Å². The molecule has 92 valence electrons. The van der Waals surface area contributed by atoms with Crippen molar-refractivity contribution in [2.75, 3.05) is 0 Å². The highest BCUT2D eigenvalue weighted by Crippen LogP contribution is 2.37. The van der Waals surface area contributed by atoms with Gasteiger partial charge in [-0.15, -0.1) is 0 Å². The molecular formula is C10H11O6P. The Hall–Kier alpha value is -1.62. The van der Waals surface area contributed by atoms with Gasteiger partial charge in [-0.2, -0.15) is 0 Å². The maximum Gasteiger partial charge on any atom is 0.524 e. The average Bonchev–Trinajstić information content (AvgIpc) is 2.15. The summed E-state index contributed by atoms with van der Waals surface area (Å²) in [6.07, 6.45) is 1.04. The Bertz CT molecular complexity index is 484. The van der Waals surface area contributed by atoms with Gasteiger partial charge in [0.1, 0.15) is 5.75 Å². The molecule has 0 saturated heterocycles. The smallest absolute Gasteiger partial charge is 0.478 e. The molecule has 3 N–H and O–H groups in total. The summed E-state index contributed by atoms with van der Waals surface area (Å²) < 4.78 is 14.9. The molecule has 0 unspecified atom stereocenters. The van der Waals surface area contributed by atoms with Gasteiger partial charge >= 0.3 is 13.8 Å². The van der Waals surface area contributed by atoms with Gasteiger partial charge in [0.15, 0.2) is 0 Å². The molecule has 0 aliphatic rings. The molecule has 1 aromatic carbocycles. The van der Waals surface area contributed by atoms with Crippen LogP contribution in [-0.4, -0.2) is 20.9 Å². The van der Waals surface area contributed by atoms with Gasteiger partial charge in [-0.1, -0.05) is 12.1 Å². The molecule has 0 bridgehead atoms. The second-order valence-corrected chi connectivity index (χ2v) is 4.44. The van der Waals surface area contributed by atoms with E-state index in [9.17, 15) is 9.36 Å². The van der Waals surface area contributed by atoms with Gasteiger partial charge in [0.05, 0.1) is 0 Å². The molecule has 17 heavy (non-hydrogen) atoms. The number of hydrogen-bond acceptors (Lipinski definition) is 3. The Morgan fingerprint density at radius 3 is 2.24 bits per heavy atom. The SMILES string of the molecule is CC(=CC(=O)O)c1ccc(OP(=O)(O)O)cc1. The van der Waals surface area contributed by atoms with E-state index in [4.69, 9.17) is 14.9 Å². The minimum atomic E-state index is -4.56. The Labute approximate surface area is 97.4 Å². The number of carboxylic acid groups (broad SMARTS) is 1. The molecule has 0 fully saturated rings. The Kier molecular flexibility index (Phi) is 4.07. The van der Waals surface area contributed by atoms with Gasteiger partial charge in [0, 0.05) is 6.08 Å². The summed E-state index contributed by atoms with van der Waals surface area (Å²) in [6, 6.07) is 5.74. The summed E-state index contributed by atoms with van der Waals surface area (Å²) in [6.45, 7) is 1.62. The van der Waals surface area contributed by atoms with Gasteiger partial charge in [0.25, 0.3) is 0 Å². The van der Waals surface area contributed by atoms with E-state index >= 15 is 0 Å². The van der Waals surface area contributed by atoms with E-state index < -0.39 is 13.8 Å². The van der Waals surface area contributed by atoms with Crippen LogP contribution in [0, 0.1) is 0 Å². The van der Waals surface area contributed by atoms with Crippen LogP contribution in [0.25, 0.3) is 5.57 Å². The van der Waals surface area contributed by atoms with Crippen LogP contribution in [0.2, 0.25) is 0 Å². The molecular weight excluding hydrogens is 247 g/mol. The summed E-state index contributed by atoms with van der Waals surface area (Å²) in [5, 5.41) is 8.55. The fourth-order valence-corrected chi connectivity index (χ4v) is 1.58.